The molecule has 3 N–H and O–H groups in total. The van der Waals surface area contributed by atoms with E-state index in [4.69, 9.17) is 24.5 Å². The van der Waals surface area contributed by atoms with Gasteiger partial charge in [-0.3, -0.25) is 0 Å². The second kappa shape index (κ2) is 25.4. The van der Waals surface area contributed by atoms with E-state index in [0.29, 0.717) is 31.1 Å². The molecule has 3 heterocycles. The van der Waals surface area contributed by atoms with Crippen LogP contribution in [0.15, 0.2) is 36.7 Å². The first-order chi connectivity index (χ1) is 26.4. The van der Waals surface area contributed by atoms with Crippen LogP contribution in [0.1, 0.15) is 145 Å². The van der Waals surface area contributed by atoms with E-state index in [-0.39, 0.29) is 31.0 Å². The molecule has 4 unspecified atom stereocenters. The van der Waals surface area contributed by atoms with E-state index < -0.39 is 20.4 Å². The molecule has 0 saturated carbocycles. The lowest BCUT2D eigenvalue weighted by molar-refractivity contribution is -0.0328. The van der Waals surface area contributed by atoms with Crippen molar-refractivity contribution in [2.75, 3.05) is 39.1 Å². The van der Waals surface area contributed by atoms with Crippen molar-refractivity contribution in [2.24, 2.45) is 0 Å². The number of aromatic nitrogens is 3. The Hall–Kier alpha value is -2.75. The molecule has 0 bridgehead atoms. The molecule has 0 amide bonds. The van der Waals surface area contributed by atoms with Crippen LogP contribution in [0.4, 0.5) is 10.2 Å². The third-order valence-corrected chi connectivity index (χ3v) is 11.2. The second-order valence-corrected chi connectivity index (χ2v) is 16.1. The van der Waals surface area contributed by atoms with Crippen LogP contribution >= 0.6 is 8.53 Å². The second-order valence-electron chi connectivity index (χ2n) is 14.7. The van der Waals surface area contributed by atoms with Gasteiger partial charge in [-0.2, -0.15) is 10.4 Å². The van der Waals surface area contributed by atoms with Crippen LogP contribution in [0.5, 0.6) is 0 Å². The van der Waals surface area contributed by atoms with E-state index in [9.17, 15) is 14.5 Å². The van der Waals surface area contributed by atoms with Crippen molar-refractivity contribution in [3.8, 4) is 6.07 Å². The molecule has 1 fully saturated rings. The van der Waals surface area contributed by atoms with Crippen LogP contribution < -0.4 is 5.73 Å². The third kappa shape index (κ3) is 15.8. The highest BCUT2D eigenvalue weighted by Gasteiger charge is 2.30. The molecule has 0 aliphatic carbocycles. The number of fused-ring (bicyclic) bond motifs is 1. The maximum absolute atomic E-state index is 14.1. The number of nitrogens with two attached hydrogens (primary N) is 1. The van der Waals surface area contributed by atoms with Crippen molar-refractivity contribution < 1.29 is 28.0 Å². The summed E-state index contributed by atoms with van der Waals surface area (Å²) in [4.78, 5) is 15.0. The quantitative estimate of drug-likeness (QED) is 0.0518. The molecule has 54 heavy (non-hydrogen) atoms. The lowest BCUT2D eigenvalue weighted by Gasteiger charge is -2.27. The fourth-order valence-electron chi connectivity index (χ4n) is 7.01. The molecule has 1 aliphatic rings. The summed E-state index contributed by atoms with van der Waals surface area (Å²) in [6, 6.07) is 10.0. The minimum absolute atomic E-state index is 0.111. The Labute approximate surface area is 323 Å². The van der Waals surface area contributed by atoms with Crippen molar-refractivity contribution in [3.05, 3.63) is 59.3 Å². The summed E-state index contributed by atoms with van der Waals surface area (Å²) in [5.74, 6) is -0.0638. The summed E-state index contributed by atoms with van der Waals surface area (Å²) < 4.78 is 41.9. The van der Waals surface area contributed by atoms with Gasteiger partial charge in [-0.15, -0.1) is 0 Å². The molecule has 4 atom stereocenters. The Balaban J connectivity index is 1.12. The highest BCUT2D eigenvalue weighted by atomic mass is 31.2. The number of nitriles is 1. The fourth-order valence-corrected chi connectivity index (χ4v) is 7.83. The Morgan fingerprint density at radius 1 is 1.00 bits per heavy atom. The Kier molecular flexibility index (Phi) is 20.7. The minimum Gasteiger partial charge on any atom is -0.382 e. The molecule has 1 aliphatic heterocycles. The average molecular weight is 771 g/mol. The Bertz CT molecular complexity index is 1520. The van der Waals surface area contributed by atoms with E-state index in [2.05, 4.69) is 17.0 Å². The topological polar surface area (TPSA) is 140 Å². The molecular formula is C41H64FN6O5P. The first kappa shape index (κ1) is 44.0. The number of ether oxygens (including phenoxy) is 3. The number of nitrogens with zero attached hydrogens (tertiary/aromatic N) is 5. The summed E-state index contributed by atoms with van der Waals surface area (Å²) in [7, 11) is -0.148. The summed E-state index contributed by atoms with van der Waals surface area (Å²) in [6.07, 6.45) is 23.4. The predicted molar refractivity (Wildman–Crippen MR) is 212 cm³/mol. The van der Waals surface area contributed by atoms with E-state index in [1.54, 1.807) is 22.3 Å². The van der Waals surface area contributed by atoms with Crippen molar-refractivity contribution in [3.63, 3.8) is 0 Å². The molecule has 13 heteroatoms. The number of hydrogen-bond donors (Lipinski definition) is 2. The number of nitrogen functional groups attached to an aromatic ring is 1. The van der Waals surface area contributed by atoms with Gasteiger partial charge in [0.15, 0.2) is 5.82 Å². The molecule has 300 valence electrons. The van der Waals surface area contributed by atoms with Crippen molar-refractivity contribution in [1.29, 1.82) is 5.26 Å². The number of anilines is 1. The molecular weight excluding hydrogens is 706 g/mol. The van der Waals surface area contributed by atoms with Gasteiger partial charge in [0.2, 0.25) is 0 Å². The number of hydrogen-bond acceptors (Lipinski definition) is 10. The first-order valence-electron chi connectivity index (χ1n) is 20.3. The smallest absolute Gasteiger partial charge is 0.255 e. The predicted octanol–water partition coefficient (Wildman–Crippen LogP) is 9.57. The van der Waals surface area contributed by atoms with Gasteiger partial charge in [0.25, 0.3) is 8.53 Å². The summed E-state index contributed by atoms with van der Waals surface area (Å²) >= 11 is 0. The molecule has 0 radical (unpaired) electrons. The van der Waals surface area contributed by atoms with Crippen molar-refractivity contribution in [2.45, 2.75) is 147 Å². The zero-order valence-corrected chi connectivity index (χ0v) is 33.6. The number of rotatable bonds is 29. The van der Waals surface area contributed by atoms with E-state index in [1.165, 1.54) is 108 Å². The molecule has 2 aromatic heterocycles. The van der Waals surface area contributed by atoms with Gasteiger partial charge < -0.3 is 29.4 Å². The average Bonchev–Trinajstić information content (AvgIpc) is 3.83. The number of likely N-dealkylation sites (N-methyl/N-ethyl adjacent to an activating group) is 1. The van der Waals surface area contributed by atoms with Crippen LogP contribution in [-0.2, 0) is 25.3 Å². The van der Waals surface area contributed by atoms with Crippen LogP contribution in [0.25, 0.3) is 5.52 Å². The van der Waals surface area contributed by atoms with Gasteiger partial charge in [0, 0.05) is 13.2 Å². The number of halogens is 1. The number of unbranched alkanes of at least 4 members (excludes halogenated alkanes) is 15. The van der Waals surface area contributed by atoms with E-state index in [0.717, 1.165) is 36.9 Å². The van der Waals surface area contributed by atoms with Gasteiger partial charge in [-0.1, -0.05) is 103 Å². The molecule has 1 saturated heterocycles. The third-order valence-electron chi connectivity index (χ3n) is 10.1. The van der Waals surface area contributed by atoms with Gasteiger partial charge in [0.05, 0.1) is 49.4 Å². The molecule has 11 nitrogen and oxygen atoms in total. The van der Waals surface area contributed by atoms with E-state index in [1.807, 2.05) is 18.2 Å². The highest BCUT2D eigenvalue weighted by Crippen LogP contribution is 2.39. The standard InChI is InChI=1S/C41H64FN6O5P/c1-3-4-5-6-7-8-9-10-11-12-13-14-15-16-17-18-23-50-30-37(51-29-34-24-33(27-43)25-35(42)26-34)28-47(2)54(49)52-31-36-19-22-40(53-36)38-20-21-39-41(44)45-32-46-48(38)39/h20-21,24-26,32,36-37,40,49H,3-19,22-23,28-31H2,1-2H3,(H2,44,45,46). The molecule has 3 aromatic rings. The molecule has 0 spiro atoms. The minimum atomic E-state index is -1.93. The largest absolute Gasteiger partial charge is 0.382 e. The van der Waals surface area contributed by atoms with Gasteiger partial charge in [0.1, 0.15) is 23.8 Å². The maximum atomic E-state index is 14.1. The maximum Gasteiger partial charge on any atom is 0.255 e. The fraction of sp³-hybridized carbons (Fsp3) is 0.683. The summed E-state index contributed by atoms with van der Waals surface area (Å²) in [6.45, 7) is 3.91. The van der Waals surface area contributed by atoms with E-state index >= 15 is 0 Å². The lowest BCUT2D eigenvalue weighted by Crippen LogP contribution is -2.32. The summed E-state index contributed by atoms with van der Waals surface area (Å²) in [5, 5.41) is 13.6. The molecule has 1 aromatic carbocycles. The Morgan fingerprint density at radius 3 is 2.33 bits per heavy atom. The van der Waals surface area contributed by atoms with Gasteiger partial charge in [-0.05, 0) is 62.2 Å². The zero-order chi connectivity index (χ0) is 38.4. The SMILES string of the molecule is CCCCCCCCCCCCCCCCCCOCC(CN(C)P(O)OCC1CCC(c2ccc3c(N)ncnn23)O1)OCc1cc(F)cc(C#N)c1. The van der Waals surface area contributed by atoms with Gasteiger partial charge >= 0.3 is 0 Å². The van der Waals surface area contributed by atoms with Crippen LogP contribution in [0.3, 0.4) is 0 Å². The monoisotopic (exact) mass is 770 g/mol. The highest BCUT2D eigenvalue weighted by molar-refractivity contribution is 7.43. The number of benzene rings is 1. The lowest BCUT2D eigenvalue weighted by atomic mass is 10.0. The van der Waals surface area contributed by atoms with Crippen LogP contribution in [0, 0.1) is 17.1 Å². The van der Waals surface area contributed by atoms with Crippen molar-refractivity contribution >= 4 is 19.9 Å². The normalized spacial score (nSPS) is 17.0. The van der Waals surface area contributed by atoms with Crippen LogP contribution in [-0.4, -0.2) is 69.8 Å². The Morgan fingerprint density at radius 2 is 1.67 bits per heavy atom. The molecule has 4 rings (SSSR count). The van der Waals surface area contributed by atoms with Gasteiger partial charge in [-0.25, -0.2) is 18.6 Å². The summed E-state index contributed by atoms with van der Waals surface area (Å²) in [5.41, 5.74) is 8.45. The van der Waals surface area contributed by atoms with Crippen LogP contribution in [0.2, 0.25) is 0 Å². The first-order valence-corrected chi connectivity index (χ1v) is 21.5. The zero-order valence-electron chi connectivity index (χ0n) is 32.7. The van der Waals surface area contributed by atoms with Crippen molar-refractivity contribution in [1.82, 2.24) is 19.3 Å².